The topological polar surface area (TPSA) is 77.2 Å². The molecule has 1 aromatic rings. The summed E-state index contributed by atoms with van der Waals surface area (Å²) in [4.78, 5) is 16.6. The third-order valence-electron chi connectivity index (χ3n) is 4.41. The number of rotatable bonds is 7. The number of carbonyl (C=O) groups excluding carboxylic acids is 1. The lowest BCUT2D eigenvalue weighted by Crippen LogP contribution is -2.38. The Morgan fingerprint density at radius 3 is 2.77 bits per heavy atom. The Labute approximate surface area is 131 Å². The molecule has 0 spiro atoms. The summed E-state index contributed by atoms with van der Waals surface area (Å²) in [5.41, 5.74) is 0. The van der Waals surface area contributed by atoms with E-state index in [2.05, 4.69) is 15.5 Å². The van der Waals surface area contributed by atoms with Crippen molar-refractivity contribution in [3.8, 4) is 0 Å². The molecular weight excluding hydrogens is 282 g/mol. The predicted octanol–water partition coefficient (Wildman–Crippen LogP) is 2.69. The number of hydrogen-bond acceptors (Lipinski definition) is 5. The minimum absolute atomic E-state index is 0.0840. The van der Waals surface area contributed by atoms with E-state index in [1.165, 1.54) is 19.3 Å². The minimum Gasteiger partial charge on any atom is -0.365 e. The zero-order valence-corrected chi connectivity index (χ0v) is 13.2. The van der Waals surface area contributed by atoms with Crippen LogP contribution in [0, 0.1) is 0 Å². The first kappa shape index (κ1) is 15.5. The molecule has 22 heavy (non-hydrogen) atoms. The molecule has 2 saturated carbocycles. The van der Waals surface area contributed by atoms with Crippen LogP contribution in [0.1, 0.15) is 75.9 Å². The summed E-state index contributed by atoms with van der Waals surface area (Å²) in [6, 6.07) is 0. The Bertz CT molecular complexity index is 493. The highest BCUT2D eigenvalue weighted by Gasteiger charge is 2.29. The SMILES string of the molecule is CC[C@@H](OC1CCCCC1)C(=O)NCc1nc(C2CC2)no1. The quantitative estimate of drug-likeness (QED) is 0.838. The molecule has 2 fully saturated rings. The van der Waals surface area contributed by atoms with E-state index in [0.717, 1.165) is 31.5 Å². The maximum Gasteiger partial charge on any atom is 0.249 e. The lowest BCUT2D eigenvalue weighted by atomic mass is 9.97. The molecule has 1 N–H and O–H groups in total. The van der Waals surface area contributed by atoms with Crippen molar-refractivity contribution in [2.24, 2.45) is 0 Å². The normalized spacial score (nSPS) is 20.8. The van der Waals surface area contributed by atoms with Gasteiger partial charge in [-0.15, -0.1) is 0 Å². The van der Waals surface area contributed by atoms with E-state index in [4.69, 9.17) is 9.26 Å². The van der Waals surface area contributed by atoms with Gasteiger partial charge in [0.25, 0.3) is 0 Å². The van der Waals surface area contributed by atoms with Gasteiger partial charge < -0.3 is 14.6 Å². The van der Waals surface area contributed by atoms with Gasteiger partial charge in [0.15, 0.2) is 5.82 Å². The van der Waals surface area contributed by atoms with Gasteiger partial charge in [-0.3, -0.25) is 4.79 Å². The van der Waals surface area contributed by atoms with Gasteiger partial charge in [0.05, 0.1) is 12.6 Å². The molecule has 2 aliphatic carbocycles. The molecule has 0 radical (unpaired) electrons. The molecule has 6 heteroatoms. The van der Waals surface area contributed by atoms with E-state index in [-0.39, 0.29) is 24.7 Å². The highest BCUT2D eigenvalue weighted by atomic mass is 16.5. The third-order valence-corrected chi connectivity index (χ3v) is 4.41. The zero-order valence-electron chi connectivity index (χ0n) is 13.2. The van der Waals surface area contributed by atoms with Crippen molar-refractivity contribution in [2.75, 3.05) is 0 Å². The average Bonchev–Trinajstić information content (AvgIpc) is 3.30. The van der Waals surface area contributed by atoms with Gasteiger partial charge >= 0.3 is 0 Å². The highest BCUT2D eigenvalue weighted by molar-refractivity contribution is 5.80. The second-order valence-corrected chi connectivity index (χ2v) is 6.33. The number of carbonyl (C=O) groups is 1. The largest absolute Gasteiger partial charge is 0.365 e. The Kier molecular flexibility index (Phi) is 5.08. The van der Waals surface area contributed by atoms with Crippen molar-refractivity contribution in [2.45, 2.75) is 83.0 Å². The van der Waals surface area contributed by atoms with E-state index < -0.39 is 0 Å². The summed E-state index contributed by atoms with van der Waals surface area (Å²) in [5, 5.41) is 6.80. The molecule has 0 saturated heterocycles. The molecule has 122 valence electrons. The lowest BCUT2D eigenvalue weighted by molar-refractivity contribution is -0.138. The van der Waals surface area contributed by atoms with Crippen molar-refractivity contribution in [1.82, 2.24) is 15.5 Å². The van der Waals surface area contributed by atoms with Crippen LogP contribution in [0.4, 0.5) is 0 Å². The van der Waals surface area contributed by atoms with Crippen LogP contribution in [0.3, 0.4) is 0 Å². The molecule has 6 nitrogen and oxygen atoms in total. The van der Waals surface area contributed by atoms with Gasteiger partial charge in [0.1, 0.15) is 6.10 Å². The molecule has 0 unspecified atom stereocenters. The maximum atomic E-state index is 12.2. The van der Waals surface area contributed by atoms with Crippen molar-refractivity contribution in [3.05, 3.63) is 11.7 Å². The number of ether oxygens (including phenoxy) is 1. The molecule has 1 aromatic heterocycles. The van der Waals surface area contributed by atoms with Crippen LogP contribution in [-0.4, -0.2) is 28.3 Å². The van der Waals surface area contributed by atoms with Gasteiger partial charge in [0, 0.05) is 5.92 Å². The van der Waals surface area contributed by atoms with Crippen molar-refractivity contribution in [1.29, 1.82) is 0 Å². The van der Waals surface area contributed by atoms with E-state index in [1.54, 1.807) is 0 Å². The predicted molar refractivity (Wildman–Crippen MR) is 80.2 cm³/mol. The molecule has 0 bridgehead atoms. The summed E-state index contributed by atoms with van der Waals surface area (Å²) < 4.78 is 11.1. The summed E-state index contributed by atoms with van der Waals surface area (Å²) in [5.74, 6) is 1.63. The molecule has 1 amide bonds. The van der Waals surface area contributed by atoms with E-state index >= 15 is 0 Å². The molecular formula is C16H25N3O3. The number of hydrogen-bond donors (Lipinski definition) is 1. The summed E-state index contributed by atoms with van der Waals surface area (Å²) >= 11 is 0. The minimum atomic E-state index is -0.381. The Balaban J connectivity index is 1.45. The molecule has 0 aliphatic heterocycles. The number of aromatic nitrogens is 2. The average molecular weight is 307 g/mol. The van der Waals surface area contributed by atoms with Gasteiger partial charge in [-0.25, -0.2) is 0 Å². The Hall–Kier alpha value is -1.43. The molecule has 0 aromatic carbocycles. The number of nitrogens with zero attached hydrogens (tertiary/aromatic N) is 2. The van der Waals surface area contributed by atoms with Crippen molar-refractivity contribution < 1.29 is 14.1 Å². The van der Waals surface area contributed by atoms with Gasteiger partial charge in [-0.2, -0.15) is 4.98 Å². The van der Waals surface area contributed by atoms with Crippen LogP contribution < -0.4 is 5.32 Å². The Morgan fingerprint density at radius 1 is 1.32 bits per heavy atom. The molecule has 1 atom stereocenters. The fourth-order valence-electron chi connectivity index (χ4n) is 2.90. The standard InChI is InChI=1S/C16H25N3O3/c1-2-13(21-12-6-4-3-5-7-12)16(20)17-10-14-18-15(19-22-14)11-8-9-11/h11-13H,2-10H2,1H3,(H,17,20)/t13-/m1/s1. The molecule has 3 rings (SSSR count). The first-order valence-electron chi connectivity index (χ1n) is 8.52. The van der Waals surface area contributed by atoms with E-state index in [9.17, 15) is 4.79 Å². The second kappa shape index (κ2) is 7.22. The zero-order chi connectivity index (χ0) is 15.4. The highest BCUT2D eigenvalue weighted by Crippen LogP contribution is 2.38. The van der Waals surface area contributed by atoms with E-state index in [0.29, 0.717) is 18.2 Å². The summed E-state index contributed by atoms with van der Waals surface area (Å²) in [6.45, 7) is 2.26. The van der Waals surface area contributed by atoms with Gasteiger partial charge in [-0.1, -0.05) is 31.3 Å². The summed E-state index contributed by atoms with van der Waals surface area (Å²) in [6.07, 6.45) is 8.63. The fourth-order valence-corrected chi connectivity index (χ4v) is 2.90. The first-order valence-corrected chi connectivity index (χ1v) is 8.52. The first-order chi connectivity index (χ1) is 10.8. The van der Waals surface area contributed by atoms with Crippen LogP contribution in [0.15, 0.2) is 4.52 Å². The monoisotopic (exact) mass is 307 g/mol. The Morgan fingerprint density at radius 2 is 2.09 bits per heavy atom. The molecule has 1 heterocycles. The lowest BCUT2D eigenvalue weighted by Gasteiger charge is -2.26. The van der Waals surface area contributed by atoms with Crippen molar-refractivity contribution >= 4 is 5.91 Å². The molecule has 2 aliphatic rings. The van der Waals surface area contributed by atoms with Crippen LogP contribution in [0.5, 0.6) is 0 Å². The second-order valence-electron chi connectivity index (χ2n) is 6.33. The van der Waals surface area contributed by atoms with Crippen LogP contribution in [-0.2, 0) is 16.1 Å². The third kappa shape index (κ3) is 4.06. The van der Waals surface area contributed by atoms with Crippen molar-refractivity contribution in [3.63, 3.8) is 0 Å². The smallest absolute Gasteiger partial charge is 0.249 e. The summed E-state index contributed by atoms with van der Waals surface area (Å²) in [7, 11) is 0. The van der Waals surface area contributed by atoms with Crippen LogP contribution in [0.25, 0.3) is 0 Å². The van der Waals surface area contributed by atoms with Gasteiger partial charge in [0.2, 0.25) is 11.8 Å². The van der Waals surface area contributed by atoms with Gasteiger partial charge in [-0.05, 0) is 32.1 Å². The van der Waals surface area contributed by atoms with Crippen LogP contribution >= 0.6 is 0 Å². The van der Waals surface area contributed by atoms with E-state index in [1.807, 2.05) is 6.92 Å². The number of nitrogens with one attached hydrogen (secondary N) is 1. The fraction of sp³-hybridized carbons (Fsp3) is 0.812. The van der Waals surface area contributed by atoms with Crippen LogP contribution in [0.2, 0.25) is 0 Å². The number of amides is 1. The maximum absolute atomic E-state index is 12.2.